The van der Waals surface area contributed by atoms with E-state index in [1.165, 1.54) is 12.1 Å². The van der Waals surface area contributed by atoms with Crippen LogP contribution in [0.2, 0.25) is 0 Å². The first-order valence-electron chi connectivity index (χ1n) is 8.24. The van der Waals surface area contributed by atoms with Gasteiger partial charge in [0, 0.05) is 12.1 Å². The van der Waals surface area contributed by atoms with Crippen molar-refractivity contribution >= 4 is 0 Å². The van der Waals surface area contributed by atoms with Gasteiger partial charge in [-0.3, -0.25) is 4.90 Å². The third kappa shape index (κ3) is 4.93. The number of halogens is 3. The molecule has 0 amide bonds. The SMILES string of the molecule is CN(Cc1nc(-c2ccc(C(F)(F)F)cc2)no1)CC(O)c1ccccc1. The minimum absolute atomic E-state index is 0.218. The summed E-state index contributed by atoms with van der Waals surface area (Å²) in [6.07, 6.45) is -5.04. The second-order valence-electron chi connectivity index (χ2n) is 6.21. The molecule has 3 rings (SSSR count). The molecule has 0 aliphatic carbocycles. The van der Waals surface area contributed by atoms with Crippen LogP contribution >= 0.6 is 0 Å². The Kier molecular flexibility index (Phi) is 5.57. The summed E-state index contributed by atoms with van der Waals surface area (Å²) < 4.78 is 43.0. The average molecular weight is 377 g/mol. The summed E-state index contributed by atoms with van der Waals surface area (Å²) >= 11 is 0. The number of nitrogens with zero attached hydrogens (tertiary/aromatic N) is 3. The van der Waals surface area contributed by atoms with Crippen molar-refractivity contribution < 1.29 is 22.8 Å². The van der Waals surface area contributed by atoms with Crippen LogP contribution in [0.15, 0.2) is 59.1 Å². The fraction of sp³-hybridized carbons (Fsp3) is 0.263. The van der Waals surface area contributed by atoms with Crippen LogP contribution in [0.3, 0.4) is 0 Å². The molecular formula is C19H18F3N3O2. The van der Waals surface area contributed by atoms with Gasteiger partial charge in [-0.25, -0.2) is 0 Å². The monoisotopic (exact) mass is 377 g/mol. The summed E-state index contributed by atoms with van der Waals surface area (Å²) in [6, 6.07) is 13.8. The molecule has 3 aromatic rings. The summed E-state index contributed by atoms with van der Waals surface area (Å²) in [5.74, 6) is 0.531. The quantitative estimate of drug-likeness (QED) is 0.706. The molecule has 0 saturated heterocycles. The van der Waals surface area contributed by atoms with E-state index >= 15 is 0 Å². The molecule has 1 N–H and O–H groups in total. The van der Waals surface area contributed by atoms with Gasteiger partial charge in [0.25, 0.3) is 0 Å². The Hall–Kier alpha value is -2.71. The number of hydrogen-bond donors (Lipinski definition) is 1. The predicted octanol–water partition coefficient (Wildman–Crippen LogP) is 3.92. The highest BCUT2D eigenvalue weighted by Crippen LogP contribution is 2.30. The van der Waals surface area contributed by atoms with Gasteiger partial charge in [-0.05, 0) is 24.7 Å². The summed E-state index contributed by atoms with van der Waals surface area (Å²) in [4.78, 5) is 6.03. The van der Waals surface area contributed by atoms with Gasteiger partial charge in [0.15, 0.2) is 0 Å². The van der Waals surface area contributed by atoms with E-state index < -0.39 is 17.8 Å². The van der Waals surface area contributed by atoms with Gasteiger partial charge in [-0.2, -0.15) is 18.2 Å². The van der Waals surface area contributed by atoms with Gasteiger partial charge in [0.2, 0.25) is 11.7 Å². The molecule has 27 heavy (non-hydrogen) atoms. The lowest BCUT2D eigenvalue weighted by atomic mass is 10.1. The highest BCUT2D eigenvalue weighted by Gasteiger charge is 2.30. The van der Waals surface area contributed by atoms with Crippen LogP contribution in [-0.4, -0.2) is 33.7 Å². The molecule has 1 atom stereocenters. The van der Waals surface area contributed by atoms with Crippen molar-refractivity contribution in [2.24, 2.45) is 0 Å². The zero-order chi connectivity index (χ0) is 19.4. The lowest BCUT2D eigenvalue weighted by Crippen LogP contribution is -2.24. The number of hydrogen-bond acceptors (Lipinski definition) is 5. The van der Waals surface area contributed by atoms with Gasteiger partial charge >= 0.3 is 6.18 Å². The van der Waals surface area contributed by atoms with Crippen molar-refractivity contribution in [3.8, 4) is 11.4 Å². The Balaban J connectivity index is 1.62. The summed E-state index contributed by atoms with van der Waals surface area (Å²) in [7, 11) is 1.80. The van der Waals surface area contributed by atoms with E-state index in [0.717, 1.165) is 17.7 Å². The van der Waals surface area contributed by atoms with Crippen molar-refractivity contribution in [3.05, 3.63) is 71.6 Å². The van der Waals surface area contributed by atoms with Crippen LogP contribution < -0.4 is 0 Å². The lowest BCUT2D eigenvalue weighted by Gasteiger charge is -2.19. The van der Waals surface area contributed by atoms with Crippen LogP contribution in [0.1, 0.15) is 23.1 Å². The first kappa shape index (κ1) is 19.1. The molecule has 0 fully saturated rings. The van der Waals surface area contributed by atoms with Gasteiger partial charge in [-0.1, -0.05) is 47.6 Å². The number of aliphatic hydroxyl groups excluding tert-OH is 1. The smallest absolute Gasteiger partial charge is 0.387 e. The predicted molar refractivity (Wildman–Crippen MR) is 92.5 cm³/mol. The largest absolute Gasteiger partial charge is 0.416 e. The summed E-state index contributed by atoms with van der Waals surface area (Å²) in [5.41, 5.74) is 0.509. The Bertz CT molecular complexity index is 864. The molecule has 0 aliphatic heterocycles. The number of aliphatic hydroxyl groups is 1. The fourth-order valence-corrected chi connectivity index (χ4v) is 2.62. The van der Waals surface area contributed by atoms with E-state index in [4.69, 9.17) is 4.52 Å². The van der Waals surface area contributed by atoms with E-state index in [1.54, 1.807) is 7.05 Å². The molecule has 2 aromatic carbocycles. The van der Waals surface area contributed by atoms with Crippen molar-refractivity contribution in [2.45, 2.75) is 18.8 Å². The molecule has 0 saturated carbocycles. The van der Waals surface area contributed by atoms with Gasteiger partial charge in [0.05, 0.1) is 18.2 Å². The van der Waals surface area contributed by atoms with Crippen molar-refractivity contribution in [1.82, 2.24) is 15.0 Å². The molecule has 0 aliphatic rings. The Morgan fingerprint density at radius 1 is 1.07 bits per heavy atom. The highest BCUT2D eigenvalue weighted by molar-refractivity contribution is 5.54. The maximum atomic E-state index is 12.6. The van der Waals surface area contributed by atoms with E-state index in [2.05, 4.69) is 10.1 Å². The molecule has 1 aromatic heterocycles. The maximum Gasteiger partial charge on any atom is 0.416 e. The second-order valence-corrected chi connectivity index (χ2v) is 6.21. The standard InChI is InChI=1S/C19H18F3N3O2/c1-25(11-16(26)13-5-3-2-4-6-13)12-17-23-18(24-27-17)14-7-9-15(10-8-14)19(20,21)22/h2-10,16,26H,11-12H2,1H3. The Labute approximate surface area is 154 Å². The molecular weight excluding hydrogens is 359 g/mol. The summed E-state index contributed by atoms with van der Waals surface area (Å²) in [5, 5.41) is 14.1. The molecule has 8 heteroatoms. The minimum atomic E-state index is -4.39. The fourth-order valence-electron chi connectivity index (χ4n) is 2.62. The lowest BCUT2D eigenvalue weighted by molar-refractivity contribution is -0.137. The third-order valence-corrected chi connectivity index (χ3v) is 4.01. The molecule has 0 spiro atoms. The molecule has 0 radical (unpaired) electrons. The van der Waals surface area contributed by atoms with Crippen LogP contribution in [0.25, 0.3) is 11.4 Å². The van der Waals surface area contributed by atoms with E-state index in [0.29, 0.717) is 24.5 Å². The second kappa shape index (κ2) is 7.89. The van der Waals surface area contributed by atoms with Gasteiger partial charge in [0.1, 0.15) is 0 Å². The number of aromatic nitrogens is 2. The number of alkyl halides is 3. The highest BCUT2D eigenvalue weighted by atomic mass is 19.4. The molecule has 142 valence electrons. The molecule has 1 unspecified atom stereocenters. The zero-order valence-electron chi connectivity index (χ0n) is 14.5. The number of rotatable bonds is 6. The Morgan fingerprint density at radius 2 is 1.74 bits per heavy atom. The first-order valence-corrected chi connectivity index (χ1v) is 8.24. The van der Waals surface area contributed by atoms with Gasteiger partial charge < -0.3 is 9.63 Å². The minimum Gasteiger partial charge on any atom is -0.387 e. The van der Waals surface area contributed by atoms with E-state index in [-0.39, 0.29) is 5.82 Å². The Morgan fingerprint density at radius 3 is 2.37 bits per heavy atom. The summed E-state index contributed by atoms with van der Waals surface area (Å²) in [6.45, 7) is 0.666. The number of likely N-dealkylation sites (N-methyl/N-ethyl adjacent to an activating group) is 1. The molecule has 1 heterocycles. The number of benzene rings is 2. The van der Waals surface area contributed by atoms with Crippen molar-refractivity contribution in [1.29, 1.82) is 0 Å². The van der Waals surface area contributed by atoms with Crippen LogP contribution in [0.5, 0.6) is 0 Å². The normalized spacial score (nSPS) is 13.1. The van der Waals surface area contributed by atoms with Crippen molar-refractivity contribution in [3.63, 3.8) is 0 Å². The first-order chi connectivity index (χ1) is 12.8. The molecule has 5 nitrogen and oxygen atoms in total. The third-order valence-electron chi connectivity index (χ3n) is 4.01. The van der Waals surface area contributed by atoms with E-state index in [1.807, 2.05) is 35.2 Å². The van der Waals surface area contributed by atoms with Crippen molar-refractivity contribution in [2.75, 3.05) is 13.6 Å². The average Bonchev–Trinajstić information content (AvgIpc) is 3.10. The van der Waals surface area contributed by atoms with Gasteiger partial charge in [-0.15, -0.1) is 0 Å². The van der Waals surface area contributed by atoms with Crippen LogP contribution in [0.4, 0.5) is 13.2 Å². The topological polar surface area (TPSA) is 62.4 Å². The van der Waals surface area contributed by atoms with Crippen LogP contribution in [0, 0.1) is 0 Å². The molecule has 0 bridgehead atoms. The van der Waals surface area contributed by atoms with E-state index in [9.17, 15) is 18.3 Å². The van der Waals surface area contributed by atoms with Crippen LogP contribution in [-0.2, 0) is 12.7 Å². The zero-order valence-corrected chi connectivity index (χ0v) is 14.5. The maximum absolute atomic E-state index is 12.6.